The van der Waals surface area contributed by atoms with Crippen LogP contribution in [0.25, 0.3) is 0 Å². The molecular formula is C16H17F2N. The molecule has 0 saturated carbocycles. The third-order valence-electron chi connectivity index (χ3n) is 3.49. The van der Waals surface area contributed by atoms with E-state index in [0.717, 1.165) is 16.7 Å². The molecule has 1 atom stereocenters. The summed E-state index contributed by atoms with van der Waals surface area (Å²) in [6.07, 6.45) is 0. The van der Waals surface area contributed by atoms with Gasteiger partial charge in [0.2, 0.25) is 0 Å². The van der Waals surface area contributed by atoms with Crippen LogP contribution >= 0.6 is 0 Å². The van der Waals surface area contributed by atoms with Crippen LogP contribution in [0, 0.1) is 32.4 Å². The maximum absolute atomic E-state index is 14.0. The molecule has 0 bridgehead atoms. The largest absolute Gasteiger partial charge is 0.320 e. The molecule has 2 rings (SSSR count). The highest BCUT2D eigenvalue weighted by Gasteiger charge is 2.20. The van der Waals surface area contributed by atoms with Crippen LogP contribution < -0.4 is 5.73 Å². The second-order valence-corrected chi connectivity index (χ2v) is 4.88. The van der Waals surface area contributed by atoms with Gasteiger partial charge >= 0.3 is 0 Å². The highest BCUT2D eigenvalue weighted by atomic mass is 19.2. The third-order valence-corrected chi connectivity index (χ3v) is 3.49. The second kappa shape index (κ2) is 5.10. The maximum Gasteiger partial charge on any atom is 0.164 e. The Balaban J connectivity index is 2.57. The number of rotatable bonds is 2. The monoisotopic (exact) mass is 261 g/mol. The van der Waals surface area contributed by atoms with Gasteiger partial charge in [-0.15, -0.1) is 0 Å². The minimum atomic E-state index is -0.852. The van der Waals surface area contributed by atoms with Gasteiger partial charge in [-0.1, -0.05) is 30.3 Å². The van der Waals surface area contributed by atoms with Crippen LogP contribution in [0.2, 0.25) is 0 Å². The normalized spacial score (nSPS) is 12.5. The molecule has 19 heavy (non-hydrogen) atoms. The summed E-state index contributed by atoms with van der Waals surface area (Å²) in [5, 5.41) is 0. The Bertz CT molecular complexity index is 600. The molecule has 3 heteroatoms. The lowest BCUT2D eigenvalue weighted by Crippen LogP contribution is -2.17. The first-order chi connectivity index (χ1) is 8.93. The van der Waals surface area contributed by atoms with E-state index in [4.69, 9.17) is 5.73 Å². The van der Waals surface area contributed by atoms with Crippen molar-refractivity contribution in [2.24, 2.45) is 5.73 Å². The summed E-state index contributed by atoms with van der Waals surface area (Å²) >= 11 is 0. The third kappa shape index (κ3) is 2.38. The zero-order valence-electron chi connectivity index (χ0n) is 11.3. The van der Waals surface area contributed by atoms with Gasteiger partial charge in [0.05, 0.1) is 6.04 Å². The molecule has 2 N–H and O–H groups in total. The van der Waals surface area contributed by atoms with Crippen LogP contribution in [0.15, 0.2) is 30.3 Å². The van der Waals surface area contributed by atoms with E-state index in [1.807, 2.05) is 32.0 Å². The van der Waals surface area contributed by atoms with E-state index in [-0.39, 0.29) is 11.1 Å². The second-order valence-electron chi connectivity index (χ2n) is 4.88. The summed E-state index contributed by atoms with van der Waals surface area (Å²) in [6, 6.07) is 8.23. The first-order valence-corrected chi connectivity index (χ1v) is 6.19. The average molecular weight is 261 g/mol. The number of hydrogen-bond donors (Lipinski definition) is 1. The molecule has 1 unspecified atom stereocenters. The Morgan fingerprint density at radius 1 is 0.842 bits per heavy atom. The lowest BCUT2D eigenvalue weighted by Gasteiger charge is -2.19. The predicted molar refractivity (Wildman–Crippen MR) is 73.0 cm³/mol. The molecule has 0 aliphatic rings. The number of hydrogen-bond acceptors (Lipinski definition) is 1. The van der Waals surface area contributed by atoms with Gasteiger partial charge in [0.15, 0.2) is 11.6 Å². The van der Waals surface area contributed by atoms with Crippen molar-refractivity contribution in [3.63, 3.8) is 0 Å². The van der Waals surface area contributed by atoms with Gasteiger partial charge < -0.3 is 5.73 Å². The quantitative estimate of drug-likeness (QED) is 0.870. The highest BCUT2D eigenvalue weighted by Crippen LogP contribution is 2.29. The molecular weight excluding hydrogens is 244 g/mol. The first-order valence-electron chi connectivity index (χ1n) is 6.19. The topological polar surface area (TPSA) is 26.0 Å². The fourth-order valence-corrected chi connectivity index (χ4v) is 2.37. The Morgan fingerprint density at radius 3 is 2.00 bits per heavy atom. The summed E-state index contributed by atoms with van der Waals surface area (Å²) in [5.74, 6) is -1.67. The zero-order valence-corrected chi connectivity index (χ0v) is 11.3. The van der Waals surface area contributed by atoms with Crippen molar-refractivity contribution >= 4 is 0 Å². The van der Waals surface area contributed by atoms with Crippen LogP contribution in [-0.4, -0.2) is 0 Å². The maximum atomic E-state index is 14.0. The number of benzene rings is 2. The summed E-state index contributed by atoms with van der Waals surface area (Å²) < 4.78 is 27.6. The molecule has 0 saturated heterocycles. The minimum absolute atomic E-state index is 0.195. The summed E-state index contributed by atoms with van der Waals surface area (Å²) in [6.45, 7) is 5.38. The Labute approximate surface area is 112 Å². The molecule has 0 spiro atoms. The summed E-state index contributed by atoms with van der Waals surface area (Å²) in [7, 11) is 0. The van der Waals surface area contributed by atoms with Crippen molar-refractivity contribution in [2.45, 2.75) is 26.8 Å². The number of halogens is 2. The van der Waals surface area contributed by atoms with Gasteiger partial charge in [0.25, 0.3) is 0 Å². The van der Waals surface area contributed by atoms with E-state index < -0.39 is 17.7 Å². The SMILES string of the molecule is Cc1ccc(C(N)c2c(C)cccc2C)c(F)c1F. The Kier molecular flexibility index (Phi) is 3.67. The van der Waals surface area contributed by atoms with Crippen LogP contribution in [0.1, 0.15) is 33.9 Å². The van der Waals surface area contributed by atoms with Crippen LogP contribution in [0.5, 0.6) is 0 Å². The van der Waals surface area contributed by atoms with Crippen LogP contribution in [0.3, 0.4) is 0 Å². The smallest absolute Gasteiger partial charge is 0.164 e. The minimum Gasteiger partial charge on any atom is -0.320 e. The fourth-order valence-electron chi connectivity index (χ4n) is 2.37. The first kappa shape index (κ1) is 13.7. The standard InChI is InChI=1S/C16H17F2N/c1-9-5-4-6-10(2)13(9)16(19)12-8-7-11(3)14(17)15(12)18/h4-8,16H,19H2,1-3H3. The lowest BCUT2D eigenvalue weighted by molar-refractivity contribution is 0.489. The molecule has 0 radical (unpaired) electrons. The Hall–Kier alpha value is -1.74. The van der Waals surface area contributed by atoms with Crippen LogP contribution in [0.4, 0.5) is 8.78 Å². The van der Waals surface area contributed by atoms with Crippen molar-refractivity contribution < 1.29 is 8.78 Å². The van der Waals surface area contributed by atoms with E-state index in [9.17, 15) is 8.78 Å². The molecule has 0 aromatic heterocycles. The average Bonchev–Trinajstić information content (AvgIpc) is 2.35. The van der Waals surface area contributed by atoms with Crippen molar-refractivity contribution in [1.82, 2.24) is 0 Å². The summed E-state index contributed by atoms with van der Waals surface area (Å²) in [4.78, 5) is 0. The van der Waals surface area contributed by atoms with Gasteiger partial charge in [-0.2, -0.15) is 0 Å². The Morgan fingerprint density at radius 2 is 1.42 bits per heavy atom. The molecule has 0 aliphatic carbocycles. The van der Waals surface area contributed by atoms with E-state index >= 15 is 0 Å². The van der Waals surface area contributed by atoms with Crippen molar-refractivity contribution in [2.75, 3.05) is 0 Å². The molecule has 0 heterocycles. The van der Waals surface area contributed by atoms with Crippen molar-refractivity contribution in [3.8, 4) is 0 Å². The van der Waals surface area contributed by atoms with Crippen molar-refractivity contribution in [3.05, 3.63) is 69.8 Å². The predicted octanol–water partition coefficient (Wildman–Crippen LogP) is 3.94. The van der Waals surface area contributed by atoms with Gasteiger partial charge in [-0.3, -0.25) is 0 Å². The number of aryl methyl sites for hydroxylation is 3. The molecule has 100 valence electrons. The summed E-state index contributed by atoms with van der Waals surface area (Å²) in [5.41, 5.74) is 9.42. The van der Waals surface area contributed by atoms with E-state index in [2.05, 4.69) is 0 Å². The van der Waals surface area contributed by atoms with Gasteiger partial charge in [0, 0.05) is 5.56 Å². The van der Waals surface area contributed by atoms with Gasteiger partial charge in [-0.05, 0) is 43.0 Å². The molecule has 2 aromatic carbocycles. The number of nitrogens with two attached hydrogens (primary N) is 1. The van der Waals surface area contributed by atoms with E-state index in [1.54, 1.807) is 12.1 Å². The van der Waals surface area contributed by atoms with E-state index in [1.165, 1.54) is 6.92 Å². The molecule has 0 amide bonds. The molecule has 2 aromatic rings. The van der Waals surface area contributed by atoms with Gasteiger partial charge in [-0.25, -0.2) is 8.78 Å². The van der Waals surface area contributed by atoms with Crippen LogP contribution in [-0.2, 0) is 0 Å². The molecule has 0 fully saturated rings. The van der Waals surface area contributed by atoms with Crippen molar-refractivity contribution in [1.29, 1.82) is 0 Å². The zero-order chi connectivity index (χ0) is 14.2. The highest BCUT2D eigenvalue weighted by molar-refractivity contribution is 5.42. The molecule has 1 nitrogen and oxygen atoms in total. The molecule has 0 aliphatic heterocycles. The van der Waals surface area contributed by atoms with E-state index in [0.29, 0.717) is 0 Å². The van der Waals surface area contributed by atoms with Gasteiger partial charge in [0.1, 0.15) is 0 Å². The lowest BCUT2D eigenvalue weighted by atomic mass is 9.91. The fraction of sp³-hybridized carbons (Fsp3) is 0.250.